The van der Waals surface area contributed by atoms with Gasteiger partial charge in [0.1, 0.15) is 5.75 Å². The molecule has 9 nitrogen and oxygen atoms in total. The van der Waals surface area contributed by atoms with Crippen LogP contribution in [0.5, 0.6) is 5.75 Å². The Kier molecular flexibility index (Phi) is 5.99. The standard InChI is InChI=1S/C21H23N5O4S/c1-30-19-11-9-18(10-12-19)26-21(22-23-24-26)31(28,29)15-16-5-7-17(8-6-16)20(27)25-13-3-2-4-14-25/h5-12H,2-4,13-15H2,1H3. The lowest BCUT2D eigenvalue weighted by Gasteiger charge is -2.26. The van der Waals surface area contributed by atoms with E-state index in [0.717, 1.165) is 32.4 Å². The maximum atomic E-state index is 13.0. The fourth-order valence-corrected chi connectivity index (χ4v) is 4.89. The molecule has 0 saturated carbocycles. The number of aromatic nitrogens is 4. The number of carbonyl (C=O) groups is 1. The van der Waals surface area contributed by atoms with Crippen LogP contribution in [0.3, 0.4) is 0 Å². The quantitative estimate of drug-likeness (QED) is 0.577. The number of likely N-dealkylation sites (tertiary alicyclic amines) is 1. The number of nitrogens with zero attached hydrogens (tertiary/aromatic N) is 5. The van der Waals surface area contributed by atoms with Gasteiger partial charge in [-0.05, 0) is 71.7 Å². The van der Waals surface area contributed by atoms with Crippen LogP contribution in [0.15, 0.2) is 53.7 Å². The van der Waals surface area contributed by atoms with Gasteiger partial charge in [-0.15, -0.1) is 0 Å². The first-order valence-electron chi connectivity index (χ1n) is 10.0. The van der Waals surface area contributed by atoms with Crippen LogP contribution in [0, 0.1) is 0 Å². The largest absolute Gasteiger partial charge is 0.497 e. The molecule has 162 valence electrons. The summed E-state index contributed by atoms with van der Waals surface area (Å²) in [5.41, 5.74) is 1.62. The summed E-state index contributed by atoms with van der Waals surface area (Å²) >= 11 is 0. The highest BCUT2D eigenvalue weighted by Gasteiger charge is 2.25. The summed E-state index contributed by atoms with van der Waals surface area (Å²) in [7, 11) is -2.27. The molecule has 1 aromatic heterocycles. The van der Waals surface area contributed by atoms with Crippen molar-refractivity contribution >= 4 is 15.7 Å². The van der Waals surface area contributed by atoms with Gasteiger partial charge in [-0.2, -0.15) is 4.68 Å². The third-order valence-electron chi connectivity index (χ3n) is 5.24. The number of piperidine rings is 1. The molecule has 31 heavy (non-hydrogen) atoms. The molecule has 2 heterocycles. The molecule has 1 saturated heterocycles. The normalized spacial score (nSPS) is 14.4. The zero-order valence-corrected chi connectivity index (χ0v) is 18.0. The zero-order chi connectivity index (χ0) is 21.8. The number of hydrogen-bond donors (Lipinski definition) is 0. The number of amides is 1. The number of rotatable bonds is 6. The lowest BCUT2D eigenvalue weighted by atomic mass is 10.1. The molecule has 0 atom stereocenters. The van der Waals surface area contributed by atoms with E-state index in [4.69, 9.17) is 4.74 Å². The van der Waals surface area contributed by atoms with Crippen molar-refractivity contribution in [2.24, 2.45) is 0 Å². The summed E-state index contributed by atoms with van der Waals surface area (Å²) in [6.45, 7) is 1.53. The van der Waals surface area contributed by atoms with Gasteiger partial charge < -0.3 is 9.64 Å². The fourth-order valence-electron chi connectivity index (χ4n) is 3.57. The number of ether oxygens (including phenoxy) is 1. The fraction of sp³-hybridized carbons (Fsp3) is 0.333. The van der Waals surface area contributed by atoms with Gasteiger partial charge in [0.05, 0.1) is 18.6 Å². The Balaban J connectivity index is 1.52. The highest BCUT2D eigenvalue weighted by molar-refractivity contribution is 7.90. The van der Waals surface area contributed by atoms with Crippen LogP contribution < -0.4 is 4.74 Å². The van der Waals surface area contributed by atoms with Crippen molar-refractivity contribution in [3.8, 4) is 11.4 Å². The van der Waals surface area contributed by atoms with Crippen LogP contribution in [0.25, 0.3) is 5.69 Å². The maximum Gasteiger partial charge on any atom is 0.272 e. The van der Waals surface area contributed by atoms with Crippen LogP contribution in [-0.2, 0) is 15.6 Å². The molecule has 3 aromatic rings. The second-order valence-corrected chi connectivity index (χ2v) is 9.26. The van der Waals surface area contributed by atoms with Gasteiger partial charge in [-0.25, -0.2) is 8.42 Å². The summed E-state index contributed by atoms with van der Waals surface area (Å²) in [6.07, 6.45) is 3.19. The average Bonchev–Trinajstić information content (AvgIpc) is 3.31. The molecular weight excluding hydrogens is 418 g/mol. The van der Waals surface area contributed by atoms with E-state index in [1.54, 1.807) is 55.6 Å². The molecule has 1 aliphatic rings. The van der Waals surface area contributed by atoms with E-state index in [0.29, 0.717) is 22.6 Å². The molecule has 0 radical (unpaired) electrons. The second kappa shape index (κ2) is 8.84. The summed E-state index contributed by atoms with van der Waals surface area (Å²) < 4.78 is 32.3. The summed E-state index contributed by atoms with van der Waals surface area (Å²) in [5, 5.41) is 10.9. The molecule has 2 aromatic carbocycles. The molecule has 10 heteroatoms. The minimum Gasteiger partial charge on any atom is -0.497 e. The Morgan fingerprint density at radius 1 is 1.00 bits per heavy atom. The first-order valence-corrected chi connectivity index (χ1v) is 11.7. The Hall–Kier alpha value is -3.27. The molecule has 0 bridgehead atoms. The number of tetrazole rings is 1. The first-order chi connectivity index (χ1) is 15.0. The highest BCUT2D eigenvalue weighted by atomic mass is 32.2. The van der Waals surface area contributed by atoms with Crippen LogP contribution in [0.1, 0.15) is 35.2 Å². The minimum absolute atomic E-state index is 0.0162. The molecule has 0 N–H and O–H groups in total. The Labute approximate surface area is 180 Å². The molecule has 4 rings (SSSR count). The van der Waals surface area contributed by atoms with Gasteiger partial charge in [0, 0.05) is 18.7 Å². The molecule has 1 fully saturated rings. The van der Waals surface area contributed by atoms with Crippen molar-refractivity contribution < 1.29 is 17.9 Å². The van der Waals surface area contributed by atoms with E-state index in [9.17, 15) is 13.2 Å². The third-order valence-corrected chi connectivity index (χ3v) is 6.76. The van der Waals surface area contributed by atoms with Crippen LogP contribution >= 0.6 is 0 Å². The van der Waals surface area contributed by atoms with E-state index >= 15 is 0 Å². The molecule has 1 amide bonds. The van der Waals surface area contributed by atoms with Gasteiger partial charge in [0.15, 0.2) is 0 Å². The van der Waals surface area contributed by atoms with E-state index < -0.39 is 9.84 Å². The number of carbonyl (C=O) groups excluding carboxylic acids is 1. The van der Waals surface area contributed by atoms with Gasteiger partial charge in [-0.3, -0.25) is 4.79 Å². The van der Waals surface area contributed by atoms with E-state index in [1.807, 2.05) is 4.90 Å². The highest BCUT2D eigenvalue weighted by Crippen LogP contribution is 2.20. The van der Waals surface area contributed by atoms with E-state index in [-0.39, 0.29) is 16.8 Å². The Bertz CT molecular complexity index is 1150. The lowest BCUT2D eigenvalue weighted by molar-refractivity contribution is 0.0724. The summed E-state index contributed by atoms with van der Waals surface area (Å²) in [6, 6.07) is 13.4. The summed E-state index contributed by atoms with van der Waals surface area (Å²) in [5.74, 6) is 0.347. The lowest BCUT2D eigenvalue weighted by Crippen LogP contribution is -2.35. The van der Waals surface area contributed by atoms with Crippen LogP contribution in [-0.4, -0.2) is 59.6 Å². The van der Waals surface area contributed by atoms with Crippen molar-refractivity contribution in [3.05, 3.63) is 59.7 Å². The van der Waals surface area contributed by atoms with Crippen molar-refractivity contribution in [3.63, 3.8) is 0 Å². The number of hydrogen-bond acceptors (Lipinski definition) is 7. The topological polar surface area (TPSA) is 107 Å². The van der Waals surface area contributed by atoms with Gasteiger partial charge in [0.25, 0.3) is 11.1 Å². The van der Waals surface area contributed by atoms with E-state index in [2.05, 4.69) is 15.5 Å². The van der Waals surface area contributed by atoms with Gasteiger partial charge in [-0.1, -0.05) is 17.2 Å². The zero-order valence-electron chi connectivity index (χ0n) is 17.1. The monoisotopic (exact) mass is 441 g/mol. The van der Waals surface area contributed by atoms with Gasteiger partial charge >= 0.3 is 0 Å². The van der Waals surface area contributed by atoms with Crippen LogP contribution in [0.4, 0.5) is 0 Å². The van der Waals surface area contributed by atoms with Crippen molar-refractivity contribution in [1.29, 1.82) is 0 Å². The minimum atomic E-state index is -3.82. The van der Waals surface area contributed by atoms with Crippen molar-refractivity contribution in [2.75, 3.05) is 20.2 Å². The predicted molar refractivity (Wildman–Crippen MR) is 113 cm³/mol. The molecule has 0 unspecified atom stereocenters. The molecule has 0 aliphatic carbocycles. The van der Waals surface area contributed by atoms with Crippen LogP contribution in [0.2, 0.25) is 0 Å². The molecular formula is C21H23N5O4S. The Morgan fingerprint density at radius 2 is 1.68 bits per heavy atom. The van der Waals surface area contributed by atoms with Crippen molar-refractivity contribution in [2.45, 2.75) is 30.2 Å². The maximum absolute atomic E-state index is 13.0. The average molecular weight is 442 g/mol. The van der Waals surface area contributed by atoms with Crippen molar-refractivity contribution in [1.82, 2.24) is 25.1 Å². The molecule has 0 spiro atoms. The van der Waals surface area contributed by atoms with Gasteiger partial charge in [0.2, 0.25) is 9.84 Å². The predicted octanol–water partition coefficient (Wildman–Crippen LogP) is 2.27. The number of benzene rings is 2. The first kappa shape index (κ1) is 21.0. The number of sulfone groups is 1. The second-order valence-electron chi connectivity index (χ2n) is 7.38. The Morgan fingerprint density at radius 3 is 2.32 bits per heavy atom. The summed E-state index contributed by atoms with van der Waals surface area (Å²) in [4.78, 5) is 14.4. The SMILES string of the molecule is COc1ccc(-n2nnnc2S(=O)(=O)Cc2ccc(C(=O)N3CCCCC3)cc2)cc1. The smallest absolute Gasteiger partial charge is 0.272 e. The third kappa shape index (κ3) is 4.58. The number of methoxy groups -OCH3 is 1. The van der Waals surface area contributed by atoms with E-state index in [1.165, 1.54) is 4.68 Å². The molecule has 1 aliphatic heterocycles.